The van der Waals surface area contributed by atoms with Crippen LogP contribution in [-0.4, -0.2) is 0 Å². The zero-order chi connectivity index (χ0) is 9.50. The van der Waals surface area contributed by atoms with Crippen molar-refractivity contribution in [2.45, 2.75) is 38.5 Å². The number of hydrogen-bond donors (Lipinski definition) is 0. The Bertz CT molecular complexity index is 432. The summed E-state index contributed by atoms with van der Waals surface area (Å²) in [5.41, 5.74) is 5.67. The standard InChI is InChI=1S/C14H16/c1-8-4-3-5-9-12(8)10-6-7-11-13(9)14(10,11)2/h3-5,10-11,13H,6-7H2,1-2H3/t10-,11?,13-,14?/m0/s1. The zero-order valence-electron chi connectivity index (χ0n) is 8.88. The Kier molecular flexibility index (Phi) is 1.04. The zero-order valence-corrected chi connectivity index (χ0v) is 8.88. The van der Waals surface area contributed by atoms with E-state index in [1.807, 2.05) is 0 Å². The van der Waals surface area contributed by atoms with Gasteiger partial charge < -0.3 is 0 Å². The molecule has 0 spiro atoms. The van der Waals surface area contributed by atoms with Crippen molar-refractivity contribution in [2.75, 3.05) is 0 Å². The van der Waals surface area contributed by atoms with Crippen LogP contribution in [0.25, 0.3) is 0 Å². The van der Waals surface area contributed by atoms with Crippen LogP contribution in [0.5, 0.6) is 0 Å². The van der Waals surface area contributed by atoms with E-state index in [0.29, 0.717) is 5.41 Å². The molecule has 0 aliphatic heterocycles. The molecule has 0 heterocycles. The summed E-state index contributed by atoms with van der Waals surface area (Å²) in [6.45, 7) is 4.82. The smallest absolute Gasteiger partial charge is 0.00624 e. The van der Waals surface area contributed by atoms with Gasteiger partial charge in [-0.1, -0.05) is 25.1 Å². The van der Waals surface area contributed by atoms with Crippen molar-refractivity contribution in [3.63, 3.8) is 0 Å². The highest BCUT2D eigenvalue weighted by molar-refractivity contribution is 5.55. The highest BCUT2D eigenvalue weighted by Crippen LogP contribution is 2.82. The topological polar surface area (TPSA) is 0 Å². The lowest BCUT2D eigenvalue weighted by Gasteiger charge is -2.17. The summed E-state index contributed by atoms with van der Waals surface area (Å²) in [5.74, 6) is 2.90. The van der Waals surface area contributed by atoms with Gasteiger partial charge in [0, 0.05) is 0 Å². The minimum Gasteiger partial charge on any atom is -0.0617 e. The van der Waals surface area contributed by atoms with Crippen molar-refractivity contribution < 1.29 is 0 Å². The fourth-order valence-corrected chi connectivity index (χ4v) is 4.69. The Morgan fingerprint density at radius 3 is 3.00 bits per heavy atom. The van der Waals surface area contributed by atoms with Crippen molar-refractivity contribution in [3.8, 4) is 0 Å². The largest absolute Gasteiger partial charge is 0.0617 e. The van der Waals surface area contributed by atoms with Crippen LogP contribution in [0.3, 0.4) is 0 Å². The normalized spacial score (nSPS) is 46.3. The van der Waals surface area contributed by atoms with E-state index >= 15 is 0 Å². The van der Waals surface area contributed by atoms with Gasteiger partial charge in [0.15, 0.2) is 0 Å². The lowest BCUT2D eigenvalue weighted by Crippen LogP contribution is -2.04. The highest BCUT2D eigenvalue weighted by Gasteiger charge is 2.72. The second-order valence-corrected chi connectivity index (χ2v) is 5.66. The van der Waals surface area contributed by atoms with Crippen LogP contribution < -0.4 is 0 Å². The molecule has 1 aromatic carbocycles. The molecule has 2 unspecified atom stereocenters. The van der Waals surface area contributed by atoms with E-state index in [-0.39, 0.29) is 0 Å². The molecular weight excluding hydrogens is 168 g/mol. The quantitative estimate of drug-likeness (QED) is 0.578. The number of benzene rings is 1. The molecule has 0 saturated heterocycles. The first-order chi connectivity index (χ1) is 6.74. The summed E-state index contributed by atoms with van der Waals surface area (Å²) in [6, 6.07) is 6.93. The molecule has 0 radical (unpaired) electrons. The van der Waals surface area contributed by atoms with E-state index in [1.165, 1.54) is 12.8 Å². The summed E-state index contributed by atoms with van der Waals surface area (Å²) in [6.07, 6.45) is 2.94. The average Bonchev–Trinajstić information content (AvgIpc) is 2.58. The van der Waals surface area contributed by atoms with Gasteiger partial charge >= 0.3 is 0 Å². The van der Waals surface area contributed by atoms with Gasteiger partial charge in [0.2, 0.25) is 0 Å². The van der Waals surface area contributed by atoms with E-state index in [2.05, 4.69) is 32.0 Å². The van der Waals surface area contributed by atoms with Gasteiger partial charge in [-0.15, -0.1) is 0 Å². The fraction of sp³-hybridized carbons (Fsp3) is 0.571. The molecule has 0 heteroatoms. The maximum absolute atomic E-state index is 2.53. The molecule has 4 atom stereocenters. The van der Waals surface area contributed by atoms with Gasteiger partial charge in [0.25, 0.3) is 0 Å². The van der Waals surface area contributed by atoms with Crippen LogP contribution in [0, 0.1) is 18.3 Å². The molecule has 2 fully saturated rings. The third-order valence-electron chi connectivity index (χ3n) is 5.32. The van der Waals surface area contributed by atoms with Gasteiger partial charge in [-0.3, -0.25) is 0 Å². The number of aryl methyl sites for hydroxylation is 1. The van der Waals surface area contributed by atoms with Crippen LogP contribution in [0.1, 0.15) is 48.3 Å². The molecule has 3 aliphatic rings. The second kappa shape index (κ2) is 1.93. The molecule has 0 N–H and O–H groups in total. The van der Waals surface area contributed by atoms with Gasteiger partial charge in [-0.05, 0) is 59.6 Å². The van der Waals surface area contributed by atoms with E-state index in [1.54, 1.807) is 16.7 Å². The van der Waals surface area contributed by atoms with Crippen molar-refractivity contribution in [3.05, 3.63) is 34.9 Å². The molecule has 0 nitrogen and oxygen atoms in total. The van der Waals surface area contributed by atoms with Gasteiger partial charge in [-0.25, -0.2) is 0 Å². The predicted octanol–water partition coefficient (Wildman–Crippen LogP) is 3.61. The molecule has 0 bridgehead atoms. The van der Waals surface area contributed by atoms with Crippen molar-refractivity contribution in [1.29, 1.82) is 0 Å². The lowest BCUT2D eigenvalue weighted by atomic mass is 9.87. The van der Waals surface area contributed by atoms with Crippen molar-refractivity contribution >= 4 is 0 Å². The SMILES string of the molecule is Cc1cccc2c1[C@@H]1CCC3[C@H]2C31C. The summed E-state index contributed by atoms with van der Waals surface area (Å²) >= 11 is 0. The fourth-order valence-electron chi connectivity index (χ4n) is 4.69. The maximum atomic E-state index is 2.53. The third kappa shape index (κ3) is 0.549. The van der Waals surface area contributed by atoms with E-state index in [0.717, 1.165) is 17.8 Å². The predicted molar refractivity (Wildman–Crippen MR) is 57.5 cm³/mol. The molecular formula is C14H16. The summed E-state index contributed by atoms with van der Waals surface area (Å²) in [7, 11) is 0. The summed E-state index contributed by atoms with van der Waals surface area (Å²) in [4.78, 5) is 0. The molecule has 0 amide bonds. The highest BCUT2D eigenvalue weighted by atomic mass is 14.8. The first kappa shape index (κ1) is 7.50. The van der Waals surface area contributed by atoms with Crippen LogP contribution in [-0.2, 0) is 0 Å². The molecule has 4 rings (SSSR count). The van der Waals surface area contributed by atoms with Crippen LogP contribution >= 0.6 is 0 Å². The third-order valence-corrected chi connectivity index (χ3v) is 5.32. The molecule has 2 saturated carbocycles. The Morgan fingerprint density at radius 1 is 1.29 bits per heavy atom. The molecule has 3 aliphatic carbocycles. The average molecular weight is 184 g/mol. The maximum Gasteiger partial charge on any atom is -0.00624 e. The minimum absolute atomic E-state index is 0.689. The van der Waals surface area contributed by atoms with Crippen molar-refractivity contribution in [1.82, 2.24) is 0 Å². The van der Waals surface area contributed by atoms with E-state index in [9.17, 15) is 0 Å². The molecule has 14 heavy (non-hydrogen) atoms. The number of rotatable bonds is 0. The molecule has 0 aromatic heterocycles. The minimum atomic E-state index is 0.689. The first-order valence-electron chi connectivity index (χ1n) is 5.84. The van der Waals surface area contributed by atoms with Gasteiger partial charge in [0.1, 0.15) is 0 Å². The van der Waals surface area contributed by atoms with Gasteiger partial charge in [0.05, 0.1) is 0 Å². The Morgan fingerprint density at radius 2 is 2.14 bits per heavy atom. The number of hydrogen-bond acceptors (Lipinski definition) is 0. The molecule has 72 valence electrons. The summed E-state index contributed by atoms with van der Waals surface area (Å²) < 4.78 is 0. The van der Waals surface area contributed by atoms with E-state index in [4.69, 9.17) is 0 Å². The van der Waals surface area contributed by atoms with Crippen molar-refractivity contribution in [2.24, 2.45) is 11.3 Å². The second-order valence-electron chi connectivity index (χ2n) is 5.66. The number of fused-ring (bicyclic) bond motifs is 4. The Balaban J connectivity index is 2.03. The monoisotopic (exact) mass is 184 g/mol. The lowest BCUT2D eigenvalue weighted by molar-refractivity contribution is 0.475. The van der Waals surface area contributed by atoms with E-state index < -0.39 is 0 Å². The molecule has 1 aromatic rings. The summed E-state index contributed by atoms with van der Waals surface area (Å²) in [5, 5.41) is 0. The van der Waals surface area contributed by atoms with Gasteiger partial charge in [-0.2, -0.15) is 0 Å². The Hall–Kier alpha value is -0.780. The van der Waals surface area contributed by atoms with Crippen LogP contribution in [0.4, 0.5) is 0 Å². The first-order valence-corrected chi connectivity index (χ1v) is 5.84. The Labute approximate surface area is 85.3 Å². The van der Waals surface area contributed by atoms with Crippen LogP contribution in [0.2, 0.25) is 0 Å². The van der Waals surface area contributed by atoms with Crippen LogP contribution in [0.15, 0.2) is 18.2 Å².